The van der Waals surface area contributed by atoms with Gasteiger partial charge in [-0.15, -0.1) is 0 Å². The quantitative estimate of drug-likeness (QED) is 0.571. The van der Waals surface area contributed by atoms with Gasteiger partial charge in [0.25, 0.3) is 0 Å². The van der Waals surface area contributed by atoms with E-state index in [1.807, 2.05) is 17.6 Å². The first kappa shape index (κ1) is 6.46. The van der Waals surface area contributed by atoms with Crippen molar-refractivity contribution in [2.45, 2.75) is 20.0 Å². The number of amides is 1. The molecule has 0 fully saturated rings. The monoisotopic (exact) mass is 150 g/mol. The number of nitrogens with zero attached hydrogens (tertiary/aromatic N) is 1. The van der Waals surface area contributed by atoms with E-state index in [2.05, 4.69) is 11.4 Å². The summed E-state index contributed by atoms with van der Waals surface area (Å²) in [6, 6.07) is 4.09. The smallest absolute Gasteiger partial charge is 0.240 e. The molecular weight excluding hydrogens is 140 g/mol. The molecule has 1 aromatic rings. The zero-order chi connectivity index (χ0) is 7.84. The third-order valence-electron chi connectivity index (χ3n) is 2.06. The lowest BCUT2D eigenvalue weighted by Gasteiger charge is -2.17. The van der Waals surface area contributed by atoms with Crippen molar-refractivity contribution < 1.29 is 4.79 Å². The molecule has 0 atom stereocenters. The van der Waals surface area contributed by atoms with Crippen LogP contribution >= 0.6 is 0 Å². The van der Waals surface area contributed by atoms with Crippen molar-refractivity contribution >= 4 is 5.91 Å². The summed E-state index contributed by atoms with van der Waals surface area (Å²) in [6.07, 6.45) is 0. The van der Waals surface area contributed by atoms with Crippen LogP contribution in [0.2, 0.25) is 0 Å². The molecule has 3 heteroatoms. The number of carbonyl (C=O) groups excluding carboxylic acids is 1. The summed E-state index contributed by atoms with van der Waals surface area (Å²) in [4.78, 5) is 10.9. The maximum Gasteiger partial charge on any atom is 0.240 e. The summed E-state index contributed by atoms with van der Waals surface area (Å²) in [6.45, 7) is 3.17. The molecule has 11 heavy (non-hydrogen) atoms. The van der Waals surface area contributed by atoms with E-state index in [-0.39, 0.29) is 5.91 Å². The van der Waals surface area contributed by atoms with E-state index in [0.717, 1.165) is 5.69 Å². The van der Waals surface area contributed by atoms with Gasteiger partial charge < -0.3 is 9.88 Å². The fourth-order valence-electron chi connectivity index (χ4n) is 1.39. The fraction of sp³-hybridized carbons (Fsp3) is 0.375. The van der Waals surface area contributed by atoms with Crippen LogP contribution in [0.5, 0.6) is 0 Å². The van der Waals surface area contributed by atoms with Gasteiger partial charge in [-0.1, -0.05) is 0 Å². The maximum absolute atomic E-state index is 10.9. The van der Waals surface area contributed by atoms with Crippen LogP contribution in [0.1, 0.15) is 11.4 Å². The Hall–Kier alpha value is -1.25. The van der Waals surface area contributed by atoms with Crippen molar-refractivity contribution in [1.29, 1.82) is 0 Å². The number of hydrogen-bond donors (Lipinski definition) is 1. The van der Waals surface area contributed by atoms with Gasteiger partial charge in [-0.2, -0.15) is 0 Å². The van der Waals surface area contributed by atoms with Crippen LogP contribution in [0, 0.1) is 6.92 Å². The van der Waals surface area contributed by atoms with Gasteiger partial charge in [0.2, 0.25) is 5.91 Å². The first-order valence-corrected chi connectivity index (χ1v) is 3.69. The molecule has 0 bridgehead atoms. The molecule has 58 valence electrons. The van der Waals surface area contributed by atoms with E-state index in [0.29, 0.717) is 13.1 Å². The number of rotatable bonds is 0. The molecule has 1 N–H and O–H groups in total. The Labute approximate surface area is 65.0 Å². The topological polar surface area (TPSA) is 34.0 Å². The van der Waals surface area contributed by atoms with Gasteiger partial charge in [0, 0.05) is 11.4 Å². The van der Waals surface area contributed by atoms with E-state index in [1.54, 1.807) is 0 Å². The number of hydrogen-bond acceptors (Lipinski definition) is 1. The number of aryl methyl sites for hydroxylation is 1. The molecule has 0 saturated carbocycles. The standard InChI is InChI=1S/C8H10N2O/c1-6-2-3-7-4-9-8(11)5-10(6)7/h2-3H,4-5H2,1H3,(H,9,11). The summed E-state index contributed by atoms with van der Waals surface area (Å²) in [7, 11) is 0. The Bertz CT molecular complexity index is 301. The summed E-state index contributed by atoms with van der Waals surface area (Å²) < 4.78 is 2.04. The van der Waals surface area contributed by atoms with Crippen LogP contribution in [0.15, 0.2) is 12.1 Å². The molecule has 1 amide bonds. The molecule has 0 spiro atoms. The molecule has 1 aliphatic rings. The molecule has 0 saturated heterocycles. The van der Waals surface area contributed by atoms with Crippen LogP contribution in [0.4, 0.5) is 0 Å². The highest BCUT2D eigenvalue weighted by Gasteiger charge is 2.14. The number of carbonyl (C=O) groups is 1. The van der Waals surface area contributed by atoms with Crippen molar-refractivity contribution in [3.05, 3.63) is 23.5 Å². The van der Waals surface area contributed by atoms with Crippen LogP contribution < -0.4 is 5.32 Å². The third kappa shape index (κ3) is 0.926. The van der Waals surface area contributed by atoms with Crippen molar-refractivity contribution in [3.63, 3.8) is 0 Å². The van der Waals surface area contributed by atoms with Crippen LogP contribution in [0.3, 0.4) is 0 Å². The Morgan fingerprint density at radius 3 is 3.18 bits per heavy atom. The summed E-state index contributed by atoms with van der Waals surface area (Å²) >= 11 is 0. The van der Waals surface area contributed by atoms with Gasteiger partial charge in [-0.05, 0) is 19.1 Å². The van der Waals surface area contributed by atoms with E-state index < -0.39 is 0 Å². The van der Waals surface area contributed by atoms with Gasteiger partial charge in [-0.3, -0.25) is 4.79 Å². The normalized spacial score (nSPS) is 15.9. The Kier molecular flexibility index (Phi) is 1.24. The molecule has 0 radical (unpaired) electrons. The van der Waals surface area contributed by atoms with Gasteiger partial charge in [-0.25, -0.2) is 0 Å². The molecular formula is C8H10N2O. The maximum atomic E-state index is 10.9. The lowest BCUT2D eigenvalue weighted by atomic mass is 10.3. The zero-order valence-electron chi connectivity index (χ0n) is 6.42. The first-order valence-electron chi connectivity index (χ1n) is 3.69. The molecule has 0 aromatic carbocycles. The summed E-state index contributed by atoms with van der Waals surface area (Å²) in [5.41, 5.74) is 2.36. The SMILES string of the molecule is Cc1ccc2n1CC(=O)NC2. The minimum Gasteiger partial charge on any atom is -0.349 e. The van der Waals surface area contributed by atoms with Crippen molar-refractivity contribution in [2.24, 2.45) is 0 Å². The van der Waals surface area contributed by atoms with Crippen LogP contribution in [0.25, 0.3) is 0 Å². The lowest BCUT2D eigenvalue weighted by molar-refractivity contribution is -0.122. The average Bonchev–Trinajstić information content (AvgIpc) is 2.33. The van der Waals surface area contributed by atoms with Gasteiger partial charge >= 0.3 is 0 Å². The van der Waals surface area contributed by atoms with Crippen molar-refractivity contribution in [2.75, 3.05) is 0 Å². The molecule has 0 unspecified atom stereocenters. The van der Waals surface area contributed by atoms with Crippen molar-refractivity contribution in [1.82, 2.24) is 9.88 Å². The van der Waals surface area contributed by atoms with Gasteiger partial charge in [0.1, 0.15) is 6.54 Å². The predicted molar refractivity (Wildman–Crippen MR) is 41.0 cm³/mol. The van der Waals surface area contributed by atoms with E-state index in [4.69, 9.17) is 0 Å². The van der Waals surface area contributed by atoms with E-state index in [1.165, 1.54) is 5.69 Å². The Morgan fingerprint density at radius 2 is 2.36 bits per heavy atom. The van der Waals surface area contributed by atoms with Gasteiger partial charge in [0.05, 0.1) is 6.54 Å². The minimum absolute atomic E-state index is 0.108. The summed E-state index contributed by atoms with van der Waals surface area (Å²) in [5, 5.41) is 2.79. The molecule has 2 heterocycles. The van der Waals surface area contributed by atoms with Gasteiger partial charge in [0.15, 0.2) is 0 Å². The molecule has 0 aliphatic carbocycles. The number of fused-ring (bicyclic) bond motifs is 1. The second-order valence-corrected chi connectivity index (χ2v) is 2.83. The van der Waals surface area contributed by atoms with Crippen LogP contribution in [-0.4, -0.2) is 10.5 Å². The Morgan fingerprint density at radius 1 is 1.55 bits per heavy atom. The molecule has 2 rings (SSSR count). The first-order chi connectivity index (χ1) is 5.27. The van der Waals surface area contributed by atoms with Crippen LogP contribution in [-0.2, 0) is 17.9 Å². The highest BCUT2D eigenvalue weighted by Crippen LogP contribution is 2.10. The molecule has 1 aliphatic heterocycles. The zero-order valence-corrected chi connectivity index (χ0v) is 6.42. The predicted octanol–water partition coefficient (Wildman–Crippen LogP) is 0.426. The second kappa shape index (κ2) is 2.12. The average molecular weight is 150 g/mol. The molecule has 1 aromatic heterocycles. The van der Waals surface area contributed by atoms with E-state index in [9.17, 15) is 4.79 Å². The minimum atomic E-state index is 0.108. The van der Waals surface area contributed by atoms with Crippen molar-refractivity contribution in [3.8, 4) is 0 Å². The summed E-state index contributed by atoms with van der Waals surface area (Å²) in [5.74, 6) is 0.108. The second-order valence-electron chi connectivity index (χ2n) is 2.83. The highest BCUT2D eigenvalue weighted by molar-refractivity contribution is 5.76. The third-order valence-corrected chi connectivity index (χ3v) is 2.06. The number of nitrogens with one attached hydrogen (secondary N) is 1. The number of aromatic nitrogens is 1. The largest absolute Gasteiger partial charge is 0.349 e. The van der Waals surface area contributed by atoms with E-state index >= 15 is 0 Å². The lowest BCUT2D eigenvalue weighted by Crippen LogP contribution is -2.34. The fourth-order valence-corrected chi connectivity index (χ4v) is 1.39. The highest BCUT2D eigenvalue weighted by atomic mass is 16.2. The molecule has 3 nitrogen and oxygen atoms in total. The Balaban J connectivity index is 2.45.